The van der Waals surface area contributed by atoms with Crippen LogP contribution in [0.1, 0.15) is 5.56 Å². The second-order valence-electron chi connectivity index (χ2n) is 4.96. The van der Waals surface area contributed by atoms with Gasteiger partial charge in [-0.15, -0.1) is 8.78 Å². The van der Waals surface area contributed by atoms with Crippen molar-refractivity contribution in [2.45, 2.75) is 13.2 Å². The van der Waals surface area contributed by atoms with Gasteiger partial charge in [0.05, 0.1) is 11.4 Å². The fourth-order valence-electron chi connectivity index (χ4n) is 2.09. The summed E-state index contributed by atoms with van der Waals surface area (Å²) < 4.78 is 49.3. The molecule has 0 bridgehead atoms. The largest absolute Gasteiger partial charge is 0.586 e. The van der Waals surface area contributed by atoms with Crippen LogP contribution in [0.25, 0.3) is 0 Å². The Morgan fingerprint density at radius 2 is 1.88 bits per heavy atom. The maximum absolute atomic E-state index is 13.8. The summed E-state index contributed by atoms with van der Waals surface area (Å²) in [6, 6.07) is 5.85. The van der Waals surface area contributed by atoms with Crippen molar-refractivity contribution in [2.24, 2.45) is 0 Å². The van der Waals surface area contributed by atoms with Crippen molar-refractivity contribution >= 4 is 33.3 Å². The molecule has 9 heteroatoms. The molecule has 0 aromatic heterocycles. The number of hydrogen-bond acceptors (Lipinski definition) is 3. The van der Waals surface area contributed by atoms with E-state index in [1.807, 2.05) is 0 Å². The number of carbonyl (C=O) groups is 1. The number of anilines is 2. The molecule has 2 amide bonds. The highest BCUT2D eigenvalue weighted by atomic mass is 79.9. The Balaban J connectivity index is 1.78. The lowest BCUT2D eigenvalue weighted by atomic mass is 10.2. The van der Waals surface area contributed by atoms with Gasteiger partial charge in [-0.1, -0.05) is 22.0 Å². The molecule has 2 aromatic rings. The molecule has 0 aliphatic carbocycles. The lowest BCUT2D eigenvalue weighted by Gasteiger charge is -2.11. The Labute approximate surface area is 142 Å². The van der Waals surface area contributed by atoms with E-state index in [-0.39, 0.29) is 22.9 Å². The monoisotopic (exact) mass is 402 g/mol. The molecule has 24 heavy (non-hydrogen) atoms. The topological polar surface area (TPSA) is 59.6 Å². The van der Waals surface area contributed by atoms with E-state index in [4.69, 9.17) is 0 Å². The summed E-state index contributed by atoms with van der Waals surface area (Å²) in [6.07, 6.45) is -3.80. The van der Waals surface area contributed by atoms with Crippen molar-refractivity contribution in [1.82, 2.24) is 0 Å². The summed E-state index contributed by atoms with van der Waals surface area (Å²) in [4.78, 5) is 12.0. The quantitative estimate of drug-likeness (QED) is 0.753. The highest BCUT2D eigenvalue weighted by Crippen LogP contribution is 2.45. The molecule has 0 spiro atoms. The number of ether oxygens (including phenoxy) is 2. The number of carbonyl (C=O) groups excluding carboxylic acids is 1. The van der Waals surface area contributed by atoms with Crippen molar-refractivity contribution in [2.75, 3.05) is 10.6 Å². The van der Waals surface area contributed by atoms with E-state index < -0.39 is 18.1 Å². The number of rotatable bonds is 2. The highest BCUT2D eigenvalue weighted by Gasteiger charge is 2.44. The molecule has 0 saturated heterocycles. The Kier molecular flexibility index (Phi) is 4.04. The SMILES string of the molecule is Cc1cc(F)c(NC(=O)Nc2cccc3c2OC(F)(F)O3)cc1Br. The van der Waals surface area contributed by atoms with Crippen molar-refractivity contribution in [1.29, 1.82) is 0 Å². The molecule has 1 aliphatic rings. The standard InChI is InChI=1S/C15H10BrF3N2O3/c1-7-5-9(17)11(6-8(7)16)21-14(22)20-10-3-2-4-12-13(10)24-15(18,19)23-12/h2-6H,1H3,(H2,20,21,22). The average Bonchev–Trinajstić information content (AvgIpc) is 2.80. The van der Waals surface area contributed by atoms with Crippen molar-refractivity contribution in [3.63, 3.8) is 0 Å². The minimum Gasteiger partial charge on any atom is -0.395 e. The van der Waals surface area contributed by atoms with Crippen LogP contribution in [0.3, 0.4) is 0 Å². The lowest BCUT2D eigenvalue weighted by molar-refractivity contribution is -0.286. The fraction of sp³-hybridized carbons (Fsp3) is 0.133. The molecule has 1 heterocycles. The summed E-state index contributed by atoms with van der Waals surface area (Å²) in [5.41, 5.74) is 0.556. The van der Waals surface area contributed by atoms with E-state index in [1.54, 1.807) is 6.92 Å². The first-order valence-corrected chi connectivity index (χ1v) is 7.47. The van der Waals surface area contributed by atoms with E-state index in [0.29, 0.717) is 10.0 Å². The van der Waals surface area contributed by atoms with E-state index >= 15 is 0 Å². The first-order valence-electron chi connectivity index (χ1n) is 6.68. The van der Waals surface area contributed by atoms with Crippen LogP contribution in [0.2, 0.25) is 0 Å². The minimum atomic E-state index is -3.80. The van der Waals surface area contributed by atoms with Crippen LogP contribution in [0.15, 0.2) is 34.8 Å². The first-order chi connectivity index (χ1) is 11.2. The van der Waals surface area contributed by atoms with Crippen LogP contribution in [0, 0.1) is 12.7 Å². The van der Waals surface area contributed by atoms with E-state index in [1.165, 1.54) is 30.3 Å². The molecular weight excluding hydrogens is 393 g/mol. The van der Waals surface area contributed by atoms with Crippen LogP contribution in [-0.4, -0.2) is 12.3 Å². The van der Waals surface area contributed by atoms with Crippen LogP contribution < -0.4 is 20.1 Å². The number of alkyl halides is 2. The molecule has 0 fully saturated rings. The van der Waals surface area contributed by atoms with Gasteiger partial charge in [0.1, 0.15) is 5.82 Å². The van der Waals surface area contributed by atoms with Crippen LogP contribution in [0.4, 0.5) is 29.3 Å². The summed E-state index contributed by atoms with van der Waals surface area (Å²) in [7, 11) is 0. The summed E-state index contributed by atoms with van der Waals surface area (Å²) in [5, 5.41) is 4.62. The number of amides is 2. The van der Waals surface area contributed by atoms with Gasteiger partial charge >= 0.3 is 12.3 Å². The van der Waals surface area contributed by atoms with Crippen molar-refractivity contribution < 1.29 is 27.4 Å². The third-order valence-electron chi connectivity index (χ3n) is 3.17. The number of hydrogen-bond donors (Lipinski definition) is 2. The molecule has 0 saturated carbocycles. The van der Waals surface area contributed by atoms with Gasteiger partial charge < -0.3 is 20.1 Å². The molecule has 2 N–H and O–H groups in total. The zero-order valence-electron chi connectivity index (χ0n) is 12.1. The predicted octanol–water partition coefficient (Wildman–Crippen LogP) is 4.86. The Morgan fingerprint density at radius 3 is 2.62 bits per heavy atom. The minimum absolute atomic E-state index is 0.0336. The molecule has 126 valence electrons. The van der Waals surface area contributed by atoms with Crippen LogP contribution in [0.5, 0.6) is 11.5 Å². The second kappa shape index (κ2) is 5.90. The van der Waals surface area contributed by atoms with Crippen LogP contribution in [-0.2, 0) is 0 Å². The molecule has 0 unspecified atom stereocenters. The van der Waals surface area contributed by atoms with E-state index in [2.05, 4.69) is 36.0 Å². The third-order valence-corrected chi connectivity index (χ3v) is 4.03. The number of benzene rings is 2. The highest BCUT2D eigenvalue weighted by molar-refractivity contribution is 9.10. The van der Waals surface area contributed by atoms with Crippen LogP contribution >= 0.6 is 15.9 Å². The van der Waals surface area contributed by atoms with Gasteiger partial charge in [-0.25, -0.2) is 9.18 Å². The summed E-state index contributed by atoms with van der Waals surface area (Å²) in [6.45, 7) is 1.70. The zero-order valence-corrected chi connectivity index (χ0v) is 13.7. The Hall–Kier alpha value is -2.42. The summed E-state index contributed by atoms with van der Waals surface area (Å²) in [5.74, 6) is -1.14. The van der Waals surface area contributed by atoms with Gasteiger partial charge in [0.25, 0.3) is 0 Å². The molecule has 1 aliphatic heterocycles. The van der Waals surface area contributed by atoms with Crippen molar-refractivity contribution in [3.05, 3.63) is 46.2 Å². The molecule has 0 atom stereocenters. The molecular formula is C15H10BrF3N2O3. The van der Waals surface area contributed by atoms with Gasteiger partial charge in [0, 0.05) is 4.47 Å². The third kappa shape index (κ3) is 3.25. The normalized spacial score (nSPS) is 14.4. The van der Waals surface area contributed by atoms with Gasteiger partial charge in [-0.05, 0) is 36.8 Å². The maximum atomic E-state index is 13.8. The molecule has 2 aromatic carbocycles. The smallest absolute Gasteiger partial charge is 0.395 e. The predicted molar refractivity (Wildman–Crippen MR) is 84.1 cm³/mol. The van der Waals surface area contributed by atoms with E-state index in [0.717, 1.165) is 0 Å². The Bertz CT molecular complexity index is 830. The lowest BCUT2D eigenvalue weighted by Crippen LogP contribution is -2.26. The second-order valence-corrected chi connectivity index (χ2v) is 5.82. The van der Waals surface area contributed by atoms with Gasteiger partial charge in [0.2, 0.25) is 0 Å². The van der Waals surface area contributed by atoms with Gasteiger partial charge in [0.15, 0.2) is 11.5 Å². The first kappa shape index (κ1) is 16.4. The number of aryl methyl sites for hydroxylation is 1. The fourth-order valence-corrected chi connectivity index (χ4v) is 2.43. The summed E-state index contributed by atoms with van der Waals surface area (Å²) >= 11 is 3.23. The number of nitrogens with one attached hydrogen (secondary N) is 2. The molecule has 0 radical (unpaired) electrons. The zero-order chi connectivity index (χ0) is 17.5. The number of fused-ring (bicyclic) bond motifs is 1. The average molecular weight is 403 g/mol. The van der Waals surface area contributed by atoms with E-state index in [9.17, 15) is 18.0 Å². The Morgan fingerprint density at radius 1 is 1.17 bits per heavy atom. The molecule has 3 rings (SSSR count). The van der Waals surface area contributed by atoms with Gasteiger partial charge in [-0.2, -0.15) is 0 Å². The van der Waals surface area contributed by atoms with Gasteiger partial charge in [-0.3, -0.25) is 0 Å². The number of halogens is 4. The van der Waals surface area contributed by atoms with Crippen molar-refractivity contribution in [3.8, 4) is 11.5 Å². The molecule has 5 nitrogen and oxygen atoms in total. The number of urea groups is 1. The number of para-hydroxylation sites is 1. The maximum Gasteiger partial charge on any atom is 0.586 e.